The van der Waals surface area contributed by atoms with Crippen LogP contribution in [0.3, 0.4) is 0 Å². The van der Waals surface area contributed by atoms with E-state index >= 15 is 0 Å². The summed E-state index contributed by atoms with van der Waals surface area (Å²) in [7, 11) is 0. The van der Waals surface area contributed by atoms with E-state index in [0.29, 0.717) is 11.4 Å². The molecule has 0 fully saturated rings. The van der Waals surface area contributed by atoms with Crippen LogP contribution in [0.4, 0.5) is 5.82 Å². The number of hydrogen-bond donors (Lipinski definition) is 2. The van der Waals surface area contributed by atoms with Gasteiger partial charge in [0.15, 0.2) is 5.82 Å². The standard InChI is InChI=1S/C12H18N4O/c1-7(6-17)9(3)14-12-11(5-13)8(2)10(4)15-16-12/h7,9,17H,6H2,1-4H3,(H,14,16). The van der Waals surface area contributed by atoms with E-state index in [1.165, 1.54) is 0 Å². The fraction of sp³-hybridized carbons (Fsp3) is 0.583. The van der Waals surface area contributed by atoms with Crippen LogP contribution in [0.25, 0.3) is 0 Å². The van der Waals surface area contributed by atoms with E-state index in [4.69, 9.17) is 10.4 Å². The van der Waals surface area contributed by atoms with E-state index in [0.717, 1.165) is 11.3 Å². The molecular formula is C12H18N4O. The van der Waals surface area contributed by atoms with Crippen molar-refractivity contribution in [3.8, 4) is 6.07 Å². The summed E-state index contributed by atoms with van der Waals surface area (Å²) in [6, 6.07) is 2.17. The Bertz CT molecular complexity index is 439. The first kappa shape index (κ1) is 13.4. The van der Waals surface area contributed by atoms with Crippen LogP contribution in [-0.2, 0) is 0 Å². The molecule has 2 atom stereocenters. The largest absolute Gasteiger partial charge is 0.396 e. The Labute approximate surface area is 101 Å². The monoisotopic (exact) mass is 234 g/mol. The second-order valence-corrected chi connectivity index (χ2v) is 4.34. The number of nitriles is 1. The predicted octanol–water partition coefficient (Wildman–Crippen LogP) is 1.39. The molecule has 5 nitrogen and oxygen atoms in total. The smallest absolute Gasteiger partial charge is 0.167 e. The molecule has 1 heterocycles. The Kier molecular flexibility index (Phi) is 4.41. The zero-order valence-corrected chi connectivity index (χ0v) is 10.7. The fourth-order valence-corrected chi connectivity index (χ4v) is 1.36. The van der Waals surface area contributed by atoms with Crippen molar-refractivity contribution in [2.45, 2.75) is 33.7 Å². The average Bonchev–Trinajstić information content (AvgIpc) is 2.33. The van der Waals surface area contributed by atoms with Gasteiger partial charge >= 0.3 is 0 Å². The van der Waals surface area contributed by atoms with Crippen molar-refractivity contribution in [2.24, 2.45) is 5.92 Å². The highest BCUT2D eigenvalue weighted by Gasteiger charge is 2.16. The summed E-state index contributed by atoms with van der Waals surface area (Å²) >= 11 is 0. The van der Waals surface area contributed by atoms with Crippen LogP contribution in [0.5, 0.6) is 0 Å². The molecule has 2 N–H and O–H groups in total. The minimum absolute atomic E-state index is 0.0310. The van der Waals surface area contributed by atoms with Crippen molar-refractivity contribution in [3.05, 3.63) is 16.8 Å². The van der Waals surface area contributed by atoms with Gasteiger partial charge in [-0.25, -0.2) is 0 Å². The number of aliphatic hydroxyl groups excluding tert-OH is 1. The van der Waals surface area contributed by atoms with Gasteiger partial charge in [0.25, 0.3) is 0 Å². The van der Waals surface area contributed by atoms with Gasteiger partial charge < -0.3 is 10.4 Å². The highest BCUT2D eigenvalue weighted by molar-refractivity contribution is 5.56. The number of aryl methyl sites for hydroxylation is 1. The molecule has 0 radical (unpaired) electrons. The molecule has 2 unspecified atom stereocenters. The summed E-state index contributed by atoms with van der Waals surface area (Å²) in [6.07, 6.45) is 0. The quantitative estimate of drug-likeness (QED) is 0.822. The molecule has 0 amide bonds. The first-order chi connectivity index (χ1) is 8.01. The minimum Gasteiger partial charge on any atom is -0.396 e. The molecule has 5 heteroatoms. The summed E-state index contributed by atoms with van der Waals surface area (Å²) in [6.45, 7) is 7.64. The van der Waals surface area contributed by atoms with Crippen LogP contribution in [0, 0.1) is 31.1 Å². The molecule has 0 aliphatic rings. The molecule has 0 saturated heterocycles. The Hall–Kier alpha value is -1.67. The van der Waals surface area contributed by atoms with E-state index in [1.807, 2.05) is 27.7 Å². The van der Waals surface area contributed by atoms with E-state index in [-0.39, 0.29) is 18.6 Å². The lowest BCUT2D eigenvalue weighted by Gasteiger charge is -2.20. The van der Waals surface area contributed by atoms with Crippen molar-refractivity contribution in [1.29, 1.82) is 5.26 Å². The molecule has 1 aromatic rings. The number of hydrogen-bond acceptors (Lipinski definition) is 5. The highest BCUT2D eigenvalue weighted by atomic mass is 16.3. The van der Waals surface area contributed by atoms with Crippen LogP contribution in [-0.4, -0.2) is 28.0 Å². The Morgan fingerprint density at radius 1 is 1.35 bits per heavy atom. The molecule has 92 valence electrons. The third kappa shape index (κ3) is 2.92. The molecule has 0 saturated carbocycles. The van der Waals surface area contributed by atoms with Crippen molar-refractivity contribution in [1.82, 2.24) is 10.2 Å². The van der Waals surface area contributed by atoms with Crippen LogP contribution in [0.15, 0.2) is 0 Å². The molecular weight excluding hydrogens is 216 g/mol. The predicted molar refractivity (Wildman–Crippen MR) is 65.6 cm³/mol. The van der Waals surface area contributed by atoms with Gasteiger partial charge in [-0.2, -0.15) is 10.4 Å². The van der Waals surface area contributed by atoms with Crippen LogP contribution < -0.4 is 5.32 Å². The zero-order chi connectivity index (χ0) is 13.0. The van der Waals surface area contributed by atoms with Gasteiger partial charge in [0.1, 0.15) is 11.6 Å². The maximum atomic E-state index is 9.13. The summed E-state index contributed by atoms with van der Waals surface area (Å²) < 4.78 is 0. The third-order valence-corrected chi connectivity index (χ3v) is 3.07. The number of rotatable bonds is 4. The van der Waals surface area contributed by atoms with Crippen molar-refractivity contribution >= 4 is 5.82 Å². The number of nitrogens with one attached hydrogen (secondary N) is 1. The summed E-state index contributed by atoms with van der Waals surface area (Å²) in [5.41, 5.74) is 2.12. The minimum atomic E-state index is 0.0310. The maximum absolute atomic E-state index is 9.13. The number of aliphatic hydroxyl groups is 1. The molecule has 0 spiro atoms. The van der Waals surface area contributed by atoms with E-state index in [2.05, 4.69) is 21.6 Å². The first-order valence-electron chi connectivity index (χ1n) is 5.62. The molecule has 1 aromatic heterocycles. The zero-order valence-electron chi connectivity index (χ0n) is 10.7. The summed E-state index contributed by atoms with van der Waals surface area (Å²) in [5.74, 6) is 0.577. The molecule has 0 aliphatic heterocycles. The second kappa shape index (κ2) is 5.60. The van der Waals surface area contributed by atoms with Crippen LogP contribution in [0.2, 0.25) is 0 Å². The van der Waals surface area contributed by atoms with Crippen LogP contribution in [0.1, 0.15) is 30.7 Å². The lowest BCUT2D eigenvalue weighted by molar-refractivity contribution is 0.226. The van der Waals surface area contributed by atoms with Gasteiger partial charge in [0, 0.05) is 12.6 Å². The maximum Gasteiger partial charge on any atom is 0.167 e. The lowest BCUT2D eigenvalue weighted by atomic mass is 10.0. The molecule has 1 rings (SSSR count). The third-order valence-electron chi connectivity index (χ3n) is 3.07. The van der Waals surface area contributed by atoms with Crippen molar-refractivity contribution in [3.63, 3.8) is 0 Å². The number of aromatic nitrogens is 2. The average molecular weight is 234 g/mol. The number of anilines is 1. The van der Waals surface area contributed by atoms with E-state index in [1.54, 1.807) is 0 Å². The van der Waals surface area contributed by atoms with Gasteiger partial charge in [0.05, 0.1) is 5.69 Å². The number of nitrogens with zero attached hydrogens (tertiary/aromatic N) is 3. The van der Waals surface area contributed by atoms with Gasteiger partial charge in [-0.05, 0) is 32.3 Å². The summed E-state index contributed by atoms with van der Waals surface area (Å²) in [5, 5.41) is 29.3. The van der Waals surface area contributed by atoms with Crippen LogP contribution >= 0.6 is 0 Å². The van der Waals surface area contributed by atoms with Gasteiger partial charge in [-0.15, -0.1) is 5.10 Å². The topological polar surface area (TPSA) is 81.8 Å². The second-order valence-electron chi connectivity index (χ2n) is 4.34. The van der Waals surface area contributed by atoms with Gasteiger partial charge in [0.2, 0.25) is 0 Å². The molecule has 0 aliphatic carbocycles. The molecule has 0 aromatic carbocycles. The lowest BCUT2D eigenvalue weighted by Crippen LogP contribution is -2.27. The normalized spacial score (nSPS) is 13.9. The Morgan fingerprint density at radius 2 is 2.00 bits per heavy atom. The van der Waals surface area contributed by atoms with Gasteiger partial charge in [-0.3, -0.25) is 0 Å². The molecule has 0 bridgehead atoms. The highest BCUT2D eigenvalue weighted by Crippen LogP contribution is 2.19. The van der Waals surface area contributed by atoms with Crippen molar-refractivity contribution < 1.29 is 5.11 Å². The fourth-order valence-electron chi connectivity index (χ4n) is 1.36. The Morgan fingerprint density at radius 3 is 2.53 bits per heavy atom. The SMILES string of the molecule is Cc1nnc(NC(C)C(C)CO)c(C#N)c1C. The van der Waals surface area contributed by atoms with Crippen molar-refractivity contribution in [2.75, 3.05) is 11.9 Å². The molecule has 17 heavy (non-hydrogen) atoms. The van der Waals surface area contributed by atoms with E-state index < -0.39 is 0 Å². The first-order valence-corrected chi connectivity index (χ1v) is 5.62. The van der Waals surface area contributed by atoms with E-state index in [9.17, 15) is 0 Å². The van der Waals surface area contributed by atoms with Gasteiger partial charge in [-0.1, -0.05) is 6.92 Å². The summed E-state index contributed by atoms with van der Waals surface area (Å²) in [4.78, 5) is 0. The Balaban J connectivity index is 3.00.